The predicted molar refractivity (Wildman–Crippen MR) is 84.2 cm³/mol. The van der Waals surface area contributed by atoms with Crippen LogP contribution in [-0.2, 0) is 11.2 Å². The minimum absolute atomic E-state index is 0.120. The highest BCUT2D eigenvalue weighted by Crippen LogP contribution is 2.28. The van der Waals surface area contributed by atoms with Gasteiger partial charge in [-0.25, -0.2) is 4.98 Å². The molecule has 0 radical (unpaired) electrons. The van der Waals surface area contributed by atoms with Crippen LogP contribution in [0.4, 0.5) is 0 Å². The molecule has 1 aliphatic rings. The molecule has 3 rings (SSSR count). The molecule has 1 saturated carbocycles. The molecule has 1 fully saturated rings. The lowest BCUT2D eigenvalue weighted by Crippen LogP contribution is -2.33. The topological polar surface area (TPSA) is 54.9 Å². The van der Waals surface area contributed by atoms with E-state index in [9.17, 15) is 4.79 Å². The van der Waals surface area contributed by atoms with Crippen LogP contribution in [-0.4, -0.2) is 21.9 Å². The number of aryl methyl sites for hydroxylation is 1. The van der Waals surface area contributed by atoms with Crippen LogP contribution in [0.25, 0.3) is 10.6 Å². The molecule has 0 spiro atoms. The molecule has 0 bridgehead atoms. The molecule has 2 aromatic rings. The van der Waals surface area contributed by atoms with Crippen molar-refractivity contribution in [2.24, 2.45) is 0 Å². The average molecular weight is 301 g/mol. The van der Waals surface area contributed by atoms with Gasteiger partial charge in [0.25, 0.3) is 0 Å². The van der Waals surface area contributed by atoms with E-state index in [1.54, 1.807) is 23.7 Å². The average Bonchev–Trinajstić information content (AvgIpc) is 3.11. The molecule has 0 unspecified atom stereocenters. The largest absolute Gasteiger partial charge is 0.353 e. The first-order chi connectivity index (χ1) is 10.2. The minimum atomic E-state index is 0.120. The quantitative estimate of drug-likeness (QED) is 0.944. The summed E-state index contributed by atoms with van der Waals surface area (Å²) in [5, 5.41) is 4.09. The molecule has 1 aliphatic carbocycles. The van der Waals surface area contributed by atoms with Crippen molar-refractivity contribution in [3.05, 3.63) is 35.1 Å². The summed E-state index contributed by atoms with van der Waals surface area (Å²) >= 11 is 1.60. The zero-order valence-electron chi connectivity index (χ0n) is 12.1. The SMILES string of the molecule is Cc1nc(-c2ccncc2)sc1CC(=O)NC1CCCC1. The van der Waals surface area contributed by atoms with Crippen LogP contribution in [0.1, 0.15) is 36.3 Å². The number of hydrogen-bond acceptors (Lipinski definition) is 4. The highest BCUT2D eigenvalue weighted by molar-refractivity contribution is 7.15. The number of nitrogens with zero attached hydrogens (tertiary/aromatic N) is 2. The summed E-state index contributed by atoms with van der Waals surface area (Å²) in [6.45, 7) is 1.97. The van der Waals surface area contributed by atoms with Crippen molar-refractivity contribution in [2.45, 2.75) is 45.1 Å². The van der Waals surface area contributed by atoms with Gasteiger partial charge >= 0.3 is 0 Å². The Bertz CT molecular complexity index is 618. The Morgan fingerprint density at radius 2 is 2.05 bits per heavy atom. The van der Waals surface area contributed by atoms with Crippen LogP contribution in [0.15, 0.2) is 24.5 Å². The fourth-order valence-corrected chi connectivity index (χ4v) is 3.77. The normalized spacial score (nSPS) is 15.3. The van der Waals surface area contributed by atoms with Gasteiger partial charge in [0.05, 0.1) is 12.1 Å². The Morgan fingerprint density at radius 3 is 2.76 bits per heavy atom. The minimum Gasteiger partial charge on any atom is -0.353 e. The maximum absolute atomic E-state index is 12.1. The predicted octanol–water partition coefficient (Wildman–Crippen LogP) is 3.11. The first kappa shape index (κ1) is 14.2. The molecule has 5 heteroatoms. The molecule has 21 heavy (non-hydrogen) atoms. The molecule has 0 saturated heterocycles. The van der Waals surface area contributed by atoms with E-state index in [2.05, 4.69) is 15.3 Å². The summed E-state index contributed by atoms with van der Waals surface area (Å²) in [5.74, 6) is 0.120. The van der Waals surface area contributed by atoms with E-state index in [1.807, 2.05) is 19.1 Å². The Labute approximate surface area is 128 Å². The van der Waals surface area contributed by atoms with Crippen molar-refractivity contribution in [2.75, 3.05) is 0 Å². The van der Waals surface area contributed by atoms with E-state index in [-0.39, 0.29) is 5.91 Å². The number of amides is 1. The van der Waals surface area contributed by atoms with Gasteiger partial charge in [-0.1, -0.05) is 12.8 Å². The second-order valence-electron chi connectivity index (χ2n) is 5.49. The van der Waals surface area contributed by atoms with Gasteiger partial charge in [-0.05, 0) is 31.9 Å². The summed E-state index contributed by atoms with van der Waals surface area (Å²) in [6.07, 6.45) is 8.67. The maximum atomic E-state index is 12.1. The molecule has 1 amide bonds. The van der Waals surface area contributed by atoms with Crippen LogP contribution in [0.3, 0.4) is 0 Å². The Kier molecular flexibility index (Phi) is 4.29. The van der Waals surface area contributed by atoms with Gasteiger partial charge in [-0.15, -0.1) is 11.3 Å². The number of rotatable bonds is 4. The molecule has 2 aromatic heterocycles. The Balaban J connectivity index is 1.68. The molecule has 4 nitrogen and oxygen atoms in total. The van der Waals surface area contributed by atoms with E-state index >= 15 is 0 Å². The number of carbonyl (C=O) groups is 1. The van der Waals surface area contributed by atoms with Crippen molar-refractivity contribution < 1.29 is 4.79 Å². The lowest BCUT2D eigenvalue weighted by molar-refractivity contribution is -0.121. The van der Waals surface area contributed by atoms with Gasteiger partial charge in [0.15, 0.2) is 0 Å². The van der Waals surface area contributed by atoms with Crippen molar-refractivity contribution in [3.63, 3.8) is 0 Å². The van der Waals surface area contributed by atoms with Crippen molar-refractivity contribution in [3.8, 4) is 10.6 Å². The summed E-state index contributed by atoms with van der Waals surface area (Å²) in [7, 11) is 0. The van der Waals surface area contributed by atoms with E-state index in [0.29, 0.717) is 12.5 Å². The first-order valence-corrected chi connectivity index (χ1v) is 8.20. The highest BCUT2D eigenvalue weighted by Gasteiger charge is 2.19. The molecular formula is C16H19N3OS. The van der Waals surface area contributed by atoms with Crippen LogP contribution in [0.2, 0.25) is 0 Å². The van der Waals surface area contributed by atoms with E-state index in [0.717, 1.165) is 34.0 Å². The van der Waals surface area contributed by atoms with Crippen molar-refractivity contribution in [1.29, 1.82) is 0 Å². The fourth-order valence-electron chi connectivity index (χ4n) is 2.70. The summed E-state index contributed by atoms with van der Waals surface area (Å²) in [5.41, 5.74) is 2.01. The highest BCUT2D eigenvalue weighted by atomic mass is 32.1. The van der Waals surface area contributed by atoms with Gasteiger partial charge in [0, 0.05) is 28.9 Å². The Hall–Kier alpha value is -1.75. The molecule has 0 atom stereocenters. The molecule has 2 heterocycles. The van der Waals surface area contributed by atoms with Crippen LogP contribution < -0.4 is 5.32 Å². The summed E-state index contributed by atoms with van der Waals surface area (Å²) < 4.78 is 0. The Morgan fingerprint density at radius 1 is 1.33 bits per heavy atom. The second kappa shape index (κ2) is 6.35. The lowest BCUT2D eigenvalue weighted by Gasteiger charge is -2.11. The number of hydrogen-bond donors (Lipinski definition) is 1. The van der Waals surface area contributed by atoms with Crippen LogP contribution in [0.5, 0.6) is 0 Å². The van der Waals surface area contributed by atoms with Gasteiger partial charge in [-0.3, -0.25) is 9.78 Å². The number of carbonyl (C=O) groups excluding carboxylic acids is 1. The van der Waals surface area contributed by atoms with Gasteiger partial charge in [-0.2, -0.15) is 0 Å². The molecule has 0 aromatic carbocycles. The third kappa shape index (κ3) is 3.47. The third-order valence-corrected chi connectivity index (χ3v) is 5.07. The number of aromatic nitrogens is 2. The second-order valence-corrected chi connectivity index (χ2v) is 6.57. The van der Waals surface area contributed by atoms with E-state index in [4.69, 9.17) is 0 Å². The summed E-state index contributed by atoms with van der Waals surface area (Å²) in [6, 6.07) is 4.27. The van der Waals surface area contributed by atoms with Gasteiger partial charge in [0.1, 0.15) is 5.01 Å². The third-order valence-electron chi connectivity index (χ3n) is 3.86. The van der Waals surface area contributed by atoms with Crippen molar-refractivity contribution >= 4 is 17.2 Å². The number of pyridine rings is 1. The molecular weight excluding hydrogens is 282 g/mol. The molecule has 110 valence electrons. The molecule has 0 aliphatic heterocycles. The fraction of sp³-hybridized carbons (Fsp3) is 0.438. The van der Waals surface area contributed by atoms with Crippen molar-refractivity contribution in [1.82, 2.24) is 15.3 Å². The molecule has 1 N–H and O–H groups in total. The van der Waals surface area contributed by atoms with Gasteiger partial charge < -0.3 is 5.32 Å². The van der Waals surface area contributed by atoms with Crippen LogP contribution in [0, 0.1) is 6.92 Å². The van der Waals surface area contributed by atoms with E-state index < -0.39 is 0 Å². The number of thiazole rings is 1. The van der Waals surface area contributed by atoms with Gasteiger partial charge in [0.2, 0.25) is 5.91 Å². The first-order valence-electron chi connectivity index (χ1n) is 7.38. The zero-order valence-corrected chi connectivity index (χ0v) is 12.9. The monoisotopic (exact) mass is 301 g/mol. The maximum Gasteiger partial charge on any atom is 0.225 e. The van der Waals surface area contributed by atoms with Crippen LogP contribution >= 0.6 is 11.3 Å². The van der Waals surface area contributed by atoms with E-state index in [1.165, 1.54) is 12.8 Å². The smallest absolute Gasteiger partial charge is 0.225 e. The number of nitrogens with one attached hydrogen (secondary N) is 1. The summed E-state index contributed by atoms with van der Waals surface area (Å²) in [4.78, 5) is 21.8. The lowest BCUT2D eigenvalue weighted by atomic mass is 10.2. The zero-order chi connectivity index (χ0) is 14.7. The standard InChI is InChI=1S/C16H19N3OS/c1-11-14(10-15(20)19-13-4-2-3-5-13)21-16(18-11)12-6-8-17-9-7-12/h6-9,13H,2-5,10H2,1H3,(H,19,20).